The summed E-state index contributed by atoms with van der Waals surface area (Å²) in [5, 5.41) is 15.2. The van der Waals surface area contributed by atoms with Crippen molar-refractivity contribution in [3.8, 4) is 5.75 Å². The second kappa shape index (κ2) is 8.62. The number of rotatable bonds is 5. The van der Waals surface area contributed by atoms with Crippen LogP contribution < -0.4 is 5.32 Å². The molecule has 148 valence electrons. The smallest absolute Gasteiger partial charge is 0.231 e. The van der Waals surface area contributed by atoms with E-state index in [1.165, 1.54) is 0 Å². The molecule has 2 N–H and O–H groups in total. The van der Waals surface area contributed by atoms with E-state index in [0.29, 0.717) is 5.56 Å². The van der Waals surface area contributed by atoms with Crippen molar-refractivity contribution in [1.29, 1.82) is 0 Å². The lowest BCUT2D eigenvalue weighted by molar-refractivity contribution is -0.117. The molecule has 0 saturated carbocycles. The first-order valence-corrected chi connectivity index (χ1v) is 9.82. The monoisotopic (exact) mass is 394 g/mol. The molecule has 0 aliphatic heterocycles. The minimum absolute atomic E-state index is 0.0573. The number of phenols is 1. The number of carbonyl (C=O) groups is 1. The van der Waals surface area contributed by atoms with Gasteiger partial charge in [0, 0.05) is 17.5 Å². The molecule has 1 atom stereocenters. The van der Waals surface area contributed by atoms with Gasteiger partial charge in [-0.25, -0.2) is 0 Å². The largest absolute Gasteiger partial charge is 0.507 e. The molecule has 30 heavy (non-hydrogen) atoms. The van der Waals surface area contributed by atoms with Gasteiger partial charge in [0.25, 0.3) is 0 Å². The Balaban J connectivity index is 1.48. The number of hydrogen-bond donors (Lipinski definition) is 2. The van der Waals surface area contributed by atoms with E-state index in [0.717, 1.165) is 27.7 Å². The molecule has 0 aliphatic carbocycles. The molecule has 0 aromatic heterocycles. The number of benzene rings is 4. The summed E-state index contributed by atoms with van der Waals surface area (Å²) < 4.78 is 0. The molecule has 1 unspecified atom stereocenters. The summed E-state index contributed by atoms with van der Waals surface area (Å²) in [5.74, 6) is -0.104. The normalized spacial score (nSPS) is 12.2. The molecule has 0 heterocycles. The molecule has 4 heteroatoms. The van der Waals surface area contributed by atoms with Gasteiger partial charge < -0.3 is 10.4 Å². The van der Waals surface area contributed by atoms with Crippen molar-refractivity contribution >= 4 is 34.3 Å². The van der Waals surface area contributed by atoms with Crippen molar-refractivity contribution in [2.75, 3.05) is 5.32 Å². The number of carbonyl (C=O) groups excluding carboxylic acids is 1. The first-order chi connectivity index (χ1) is 14.6. The summed E-state index contributed by atoms with van der Waals surface area (Å²) in [4.78, 5) is 17.0. The molecule has 4 aromatic rings. The van der Waals surface area contributed by atoms with Crippen LogP contribution in [0.4, 0.5) is 11.4 Å². The third-order valence-corrected chi connectivity index (χ3v) is 5.12. The highest BCUT2D eigenvalue weighted by Crippen LogP contribution is 2.26. The van der Waals surface area contributed by atoms with Crippen LogP contribution >= 0.6 is 0 Å². The van der Waals surface area contributed by atoms with Crippen molar-refractivity contribution in [1.82, 2.24) is 0 Å². The van der Waals surface area contributed by atoms with Crippen LogP contribution in [0.2, 0.25) is 0 Å². The van der Waals surface area contributed by atoms with E-state index in [1.54, 1.807) is 12.3 Å². The average Bonchev–Trinajstić information content (AvgIpc) is 2.79. The molecule has 0 bridgehead atoms. The highest BCUT2D eigenvalue weighted by atomic mass is 16.3. The summed E-state index contributed by atoms with van der Waals surface area (Å²) in [6.07, 6.45) is 1.67. The number of phenolic OH excluding ortho intramolecular Hbond substituents is 1. The summed E-state index contributed by atoms with van der Waals surface area (Å²) in [5.41, 5.74) is 3.11. The Morgan fingerprint density at radius 3 is 2.37 bits per heavy atom. The number of hydrogen-bond acceptors (Lipinski definition) is 3. The van der Waals surface area contributed by atoms with Crippen LogP contribution in [-0.2, 0) is 4.79 Å². The number of fused-ring (bicyclic) bond motifs is 1. The molecule has 4 aromatic carbocycles. The second-order valence-electron chi connectivity index (χ2n) is 7.15. The average molecular weight is 394 g/mol. The van der Waals surface area contributed by atoms with Gasteiger partial charge in [-0.2, -0.15) is 0 Å². The second-order valence-corrected chi connectivity index (χ2v) is 7.15. The number of nitrogens with zero attached hydrogens (tertiary/aromatic N) is 1. The minimum Gasteiger partial charge on any atom is -0.507 e. The highest BCUT2D eigenvalue weighted by Gasteiger charge is 2.14. The van der Waals surface area contributed by atoms with Crippen LogP contribution in [0.15, 0.2) is 96.0 Å². The van der Waals surface area contributed by atoms with Crippen molar-refractivity contribution < 1.29 is 9.90 Å². The number of amides is 1. The standard InChI is InChI=1S/C26H22N2O2/c1-18(19-7-3-2-4-8-19)26(30)28-22-14-12-21(13-15-22)27-17-24-23-10-6-5-9-20(23)11-16-25(24)29/h2-18,29H,1H3,(H,28,30). The Morgan fingerprint density at radius 2 is 1.60 bits per heavy atom. The molecule has 4 nitrogen and oxygen atoms in total. The summed E-state index contributed by atoms with van der Waals surface area (Å²) in [6.45, 7) is 1.89. The fraction of sp³-hybridized carbons (Fsp3) is 0.0769. The molecule has 0 aliphatic rings. The highest BCUT2D eigenvalue weighted by molar-refractivity contribution is 6.03. The quantitative estimate of drug-likeness (QED) is 0.406. The third-order valence-electron chi connectivity index (χ3n) is 5.12. The van der Waals surface area contributed by atoms with Crippen LogP contribution in [0.5, 0.6) is 5.75 Å². The zero-order chi connectivity index (χ0) is 20.9. The summed E-state index contributed by atoms with van der Waals surface area (Å²) >= 11 is 0. The van der Waals surface area contributed by atoms with E-state index in [1.807, 2.05) is 91.9 Å². The Hall–Kier alpha value is -3.92. The maximum atomic E-state index is 12.5. The van der Waals surface area contributed by atoms with Crippen LogP contribution in [0.3, 0.4) is 0 Å². The van der Waals surface area contributed by atoms with Crippen molar-refractivity contribution in [2.45, 2.75) is 12.8 Å². The Morgan fingerprint density at radius 1 is 0.900 bits per heavy atom. The van der Waals surface area contributed by atoms with Crippen LogP contribution in [0.25, 0.3) is 10.8 Å². The summed E-state index contributed by atoms with van der Waals surface area (Å²) in [7, 11) is 0. The maximum Gasteiger partial charge on any atom is 0.231 e. The molecule has 0 saturated heterocycles. The van der Waals surface area contributed by atoms with E-state index in [4.69, 9.17) is 0 Å². The van der Waals surface area contributed by atoms with Crippen LogP contribution in [0.1, 0.15) is 24.0 Å². The van der Waals surface area contributed by atoms with Gasteiger partial charge in [-0.05, 0) is 53.6 Å². The fourth-order valence-electron chi connectivity index (χ4n) is 3.33. The molecular formula is C26H22N2O2. The predicted octanol–water partition coefficient (Wildman–Crippen LogP) is 6.04. The van der Waals surface area contributed by atoms with Gasteiger partial charge in [0.05, 0.1) is 11.6 Å². The molecule has 4 rings (SSSR count). The van der Waals surface area contributed by atoms with Crippen molar-refractivity contribution in [2.24, 2.45) is 4.99 Å². The van der Waals surface area contributed by atoms with Crippen LogP contribution in [-0.4, -0.2) is 17.2 Å². The number of anilines is 1. The Bertz CT molecular complexity index is 1200. The minimum atomic E-state index is -0.238. The predicted molar refractivity (Wildman–Crippen MR) is 123 cm³/mol. The molecule has 1 amide bonds. The van der Waals surface area contributed by atoms with Gasteiger partial charge in [-0.3, -0.25) is 9.79 Å². The van der Waals surface area contributed by atoms with Crippen LogP contribution in [0, 0.1) is 0 Å². The lowest BCUT2D eigenvalue weighted by atomic mass is 10.0. The van der Waals surface area contributed by atoms with Gasteiger partial charge in [0.2, 0.25) is 5.91 Å². The van der Waals surface area contributed by atoms with E-state index in [-0.39, 0.29) is 17.6 Å². The lowest BCUT2D eigenvalue weighted by Gasteiger charge is -2.12. The molecule has 0 spiro atoms. The van der Waals surface area contributed by atoms with Crippen molar-refractivity contribution in [3.05, 3.63) is 102 Å². The van der Waals surface area contributed by atoms with Crippen molar-refractivity contribution in [3.63, 3.8) is 0 Å². The lowest BCUT2D eigenvalue weighted by Crippen LogP contribution is -2.18. The zero-order valence-electron chi connectivity index (χ0n) is 16.6. The SMILES string of the molecule is CC(C(=O)Nc1ccc(N=Cc2c(O)ccc3ccccc23)cc1)c1ccccc1. The Labute approximate surface area is 175 Å². The van der Waals surface area contributed by atoms with Gasteiger partial charge in [-0.1, -0.05) is 60.7 Å². The first kappa shape index (κ1) is 19.4. The molecular weight excluding hydrogens is 372 g/mol. The first-order valence-electron chi connectivity index (χ1n) is 9.82. The number of nitrogens with one attached hydrogen (secondary N) is 1. The van der Waals surface area contributed by atoms with E-state index >= 15 is 0 Å². The number of aromatic hydroxyl groups is 1. The topological polar surface area (TPSA) is 61.7 Å². The summed E-state index contributed by atoms with van der Waals surface area (Å²) in [6, 6.07) is 28.4. The third kappa shape index (κ3) is 4.23. The van der Waals surface area contributed by atoms with E-state index in [9.17, 15) is 9.90 Å². The zero-order valence-corrected chi connectivity index (χ0v) is 16.6. The van der Waals surface area contributed by atoms with Gasteiger partial charge >= 0.3 is 0 Å². The number of aliphatic imine (C=N–C) groups is 1. The van der Waals surface area contributed by atoms with Gasteiger partial charge in [0.1, 0.15) is 5.75 Å². The van der Waals surface area contributed by atoms with Gasteiger partial charge in [0.15, 0.2) is 0 Å². The fourth-order valence-corrected chi connectivity index (χ4v) is 3.33. The van der Waals surface area contributed by atoms with Gasteiger partial charge in [-0.15, -0.1) is 0 Å². The molecule has 0 radical (unpaired) electrons. The Kier molecular flexibility index (Phi) is 5.57. The van der Waals surface area contributed by atoms with E-state index < -0.39 is 0 Å². The maximum absolute atomic E-state index is 12.5. The van der Waals surface area contributed by atoms with E-state index in [2.05, 4.69) is 10.3 Å². The molecule has 0 fully saturated rings.